The van der Waals surface area contributed by atoms with E-state index in [1.165, 1.54) is 0 Å². The van der Waals surface area contributed by atoms with E-state index in [1.54, 1.807) is 19.2 Å². The second kappa shape index (κ2) is 8.42. The minimum Gasteiger partial charge on any atom is -0.497 e. The Bertz CT molecular complexity index is 714. The summed E-state index contributed by atoms with van der Waals surface area (Å²) in [5.74, 6) is 1.10. The summed E-state index contributed by atoms with van der Waals surface area (Å²) in [4.78, 5) is 15.0. The monoisotopic (exact) mass is 328 g/mol. The van der Waals surface area contributed by atoms with Crippen LogP contribution in [0.25, 0.3) is 0 Å². The third-order valence-electron chi connectivity index (χ3n) is 3.07. The average Bonchev–Trinajstić information content (AvgIpc) is 2.59. The first kappa shape index (κ1) is 17.1. The Morgan fingerprint density at radius 2 is 1.88 bits per heavy atom. The Morgan fingerprint density at radius 1 is 1.12 bits per heavy atom. The van der Waals surface area contributed by atoms with E-state index in [-0.39, 0.29) is 6.61 Å². The zero-order valence-corrected chi connectivity index (χ0v) is 13.4. The molecule has 0 fully saturated rings. The van der Waals surface area contributed by atoms with Crippen molar-refractivity contribution in [3.8, 4) is 11.5 Å². The van der Waals surface area contributed by atoms with Gasteiger partial charge in [-0.05, 0) is 42.0 Å². The largest absolute Gasteiger partial charge is 0.497 e. The molecule has 1 amide bonds. The topological polar surface area (TPSA) is 112 Å². The standard InChI is InChI=1S/C17H20N4O3/c1-23-14-7-5-13(6-8-14)21-17(19)20-10-12-3-2-4-15(9-12)24-11-16(18)22/h2-9H,10-11H2,1H3,(H2,18,22)(H3,19,20,21). The number of anilines is 1. The van der Waals surface area contributed by atoms with Crippen molar-refractivity contribution in [3.63, 3.8) is 0 Å². The van der Waals surface area contributed by atoms with Crippen LogP contribution in [0, 0.1) is 0 Å². The van der Waals surface area contributed by atoms with Gasteiger partial charge in [-0.15, -0.1) is 0 Å². The first-order valence-electron chi connectivity index (χ1n) is 7.28. The molecule has 0 aliphatic heterocycles. The number of carbonyl (C=O) groups excluding carboxylic acids is 1. The highest BCUT2D eigenvalue weighted by Crippen LogP contribution is 2.16. The van der Waals surface area contributed by atoms with Crippen LogP contribution in [0.3, 0.4) is 0 Å². The van der Waals surface area contributed by atoms with Crippen molar-refractivity contribution >= 4 is 17.6 Å². The van der Waals surface area contributed by atoms with Gasteiger partial charge in [0, 0.05) is 5.69 Å². The van der Waals surface area contributed by atoms with Crippen molar-refractivity contribution < 1.29 is 14.3 Å². The molecule has 0 aliphatic carbocycles. The van der Waals surface area contributed by atoms with Gasteiger partial charge < -0.3 is 26.3 Å². The normalized spacial score (nSPS) is 11.0. The van der Waals surface area contributed by atoms with Gasteiger partial charge >= 0.3 is 0 Å². The molecular weight excluding hydrogens is 308 g/mol. The molecule has 0 bridgehead atoms. The number of amides is 1. The van der Waals surface area contributed by atoms with Gasteiger partial charge in [0.15, 0.2) is 12.6 Å². The Morgan fingerprint density at radius 3 is 2.54 bits per heavy atom. The second-order valence-electron chi connectivity index (χ2n) is 4.96. The van der Waals surface area contributed by atoms with E-state index in [2.05, 4.69) is 10.3 Å². The number of nitrogens with one attached hydrogen (secondary N) is 1. The maximum Gasteiger partial charge on any atom is 0.255 e. The van der Waals surface area contributed by atoms with Crippen LogP contribution in [-0.4, -0.2) is 25.6 Å². The summed E-state index contributed by atoms with van der Waals surface area (Å²) in [5, 5.41) is 3.00. The van der Waals surface area contributed by atoms with Gasteiger partial charge in [-0.3, -0.25) is 4.79 Å². The summed E-state index contributed by atoms with van der Waals surface area (Å²) in [6.07, 6.45) is 0. The van der Waals surface area contributed by atoms with E-state index in [0.717, 1.165) is 17.0 Å². The highest BCUT2D eigenvalue weighted by Gasteiger charge is 2.00. The summed E-state index contributed by atoms with van der Waals surface area (Å²) < 4.78 is 10.3. The summed E-state index contributed by atoms with van der Waals surface area (Å²) in [6.45, 7) is 0.219. The molecule has 0 aliphatic rings. The van der Waals surface area contributed by atoms with Crippen LogP contribution < -0.4 is 26.3 Å². The van der Waals surface area contributed by atoms with E-state index in [4.69, 9.17) is 20.9 Å². The van der Waals surface area contributed by atoms with E-state index >= 15 is 0 Å². The molecule has 7 heteroatoms. The fourth-order valence-corrected chi connectivity index (χ4v) is 1.93. The van der Waals surface area contributed by atoms with Crippen LogP contribution in [0.5, 0.6) is 11.5 Å². The van der Waals surface area contributed by atoms with Gasteiger partial charge in [-0.25, -0.2) is 4.99 Å². The number of benzene rings is 2. The van der Waals surface area contributed by atoms with Crippen LogP contribution in [0.15, 0.2) is 53.5 Å². The van der Waals surface area contributed by atoms with Crippen LogP contribution >= 0.6 is 0 Å². The van der Waals surface area contributed by atoms with Crippen LogP contribution in [-0.2, 0) is 11.3 Å². The zero-order valence-electron chi connectivity index (χ0n) is 13.4. The Hall–Kier alpha value is -3.22. The van der Waals surface area contributed by atoms with Gasteiger partial charge in [0.2, 0.25) is 0 Å². The molecule has 0 aromatic heterocycles. The molecule has 0 heterocycles. The molecule has 0 unspecified atom stereocenters. The first-order valence-corrected chi connectivity index (χ1v) is 7.28. The number of nitrogens with two attached hydrogens (primary N) is 2. The van der Waals surface area contributed by atoms with Crippen LogP contribution in [0.4, 0.5) is 5.69 Å². The van der Waals surface area contributed by atoms with Crippen LogP contribution in [0.2, 0.25) is 0 Å². The molecule has 0 saturated carbocycles. The Balaban J connectivity index is 1.93. The molecule has 2 aromatic carbocycles. The SMILES string of the molecule is COc1ccc(NC(N)=NCc2cccc(OCC(N)=O)c2)cc1. The number of primary amides is 1. The summed E-state index contributed by atoms with van der Waals surface area (Å²) in [6, 6.07) is 14.6. The van der Waals surface area contributed by atoms with E-state index in [1.807, 2.05) is 36.4 Å². The molecule has 0 radical (unpaired) electrons. The second-order valence-corrected chi connectivity index (χ2v) is 4.96. The lowest BCUT2D eigenvalue weighted by Gasteiger charge is -2.07. The smallest absolute Gasteiger partial charge is 0.255 e. The quantitative estimate of drug-likeness (QED) is 0.526. The molecule has 2 aromatic rings. The molecule has 24 heavy (non-hydrogen) atoms. The summed E-state index contributed by atoms with van der Waals surface area (Å²) in [5.41, 5.74) is 12.6. The molecule has 0 spiro atoms. The molecule has 126 valence electrons. The van der Waals surface area contributed by atoms with Crippen molar-refractivity contribution in [2.24, 2.45) is 16.5 Å². The fraction of sp³-hybridized carbons (Fsp3) is 0.176. The predicted octanol–water partition coefficient (Wildman–Crippen LogP) is 1.49. The lowest BCUT2D eigenvalue weighted by Crippen LogP contribution is -2.22. The number of hydrogen-bond donors (Lipinski definition) is 3. The number of aliphatic imine (C=N–C) groups is 1. The molecule has 5 N–H and O–H groups in total. The number of ether oxygens (including phenoxy) is 2. The molecule has 0 atom stereocenters. The van der Waals surface area contributed by atoms with E-state index in [9.17, 15) is 4.79 Å². The van der Waals surface area contributed by atoms with Crippen molar-refractivity contribution in [1.82, 2.24) is 0 Å². The van der Waals surface area contributed by atoms with Crippen molar-refractivity contribution in [2.75, 3.05) is 19.0 Å². The molecule has 0 saturated heterocycles. The minimum atomic E-state index is -0.522. The summed E-state index contributed by atoms with van der Waals surface area (Å²) in [7, 11) is 1.61. The van der Waals surface area contributed by atoms with Gasteiger partial charge in [-0.1, -0.05) is 12.1 Å². The maximum atomic E-state index is 10.7. The highest BCUT2D eigenvalue weighted by molar-refractivity contribution is 5.92. The van der Waals surface area contributed by atoms with Gasteiger partial charge in [0.25, 0.3) is 5.91 Å². The Kier molecular flexibility index (Phi) is 6.01. The number of rotatable bonds is 7. The lowest BCUT2D eigenvalue weighted by atomic mass is 10.2. The third kappa shape index (κ3) is 5.53. The first-order chi connectivity index (χ1) is 11.6. The fourth-order valence-electron chi connectivity index (χ4n) is 1.93. The number of hydrogen-bond acceptors (Lipinski definition) is 4. The predicted molar refractivity (Wildman–Crippen MR) is 93.1 cm³/mol. The van der Waals surface area contributed by atoms with Crippen LogP contribution in [0.1, 0.15) is 5.56 Å². The number of carbonyl (C=O) groups is 1. The van der Waals surface area contributed by atoms with E-state index < -0.39 is 5.91 Å². The zero-order chi connectivity index (χ0) is 17.4. The van der Waals surface area contributed by atoms with Gasteiger partial charge in [0.1, 0.15) is 11.5 Å². The molecule has 2 rings (SSSR count). The molecular formula is C17H20N4O3. The third-order valence-corrected chi connectivity index (χ3v) is 3.07. The van der Waals surface area contributed by atoms with Crippen molar-refractivity contribution in [1.29, 1.82) is 0 Å². The van der Waals surface area contributed by atoms with E-state index in [0.29, 0.717) is 18.3 Å². The minimum absolute atomic E-state index is 0.159. The number of nitrogens with zero attached hydrogens (tertiary/aromatic N) is 1. The molecule has 7 nitrogen and oxygen atoms in total. The van der Waals surface area contributed by atoms with Gasteiger partial charge in [0.05, 0.1) is 13.7 Å². The van der Waals surface area contributed by atoms with Gasteiger partial charge in [-0.2, -0.15) is 0 Å². The summed E-state index contributed by atoms with van der Waals surface area (Å²) >= 11 is 0. The number of methoxy groups -OCH3 is 1. The average molecular weight is 328 g/mol. The highest BCUT2D eigenvalue weighted by atomic mass is 16.5. The number of guanidine groups is 1. The van der Waals surface area contributed by atoms with Crippen molar-refractivity contribution in [3.05, 3.63) is 54.1 Å². The Labute approximate surface area is 140 Å². The van der Waals surface area contributed by atoms with Crippen molar-refractivity contribution in [2.45, 2.75) is 6.54 Å². The maximum absolute atomic E-state index is 10.7. The lowest BCUT2D eigenvalue weighted by molar-refractivity contribution is -0.119.